The maximum atomic E-state index is 13.2. The molecule has 1 unspecified atom stereocenters. The molecule has 0 saturated heterocycles. The van der Waals surface area contributed by atoms with Crippen molar-refractivity contribution in [2.24, 2.45) is 0 Å². The van der Waals surface area contributed by atoms with Crippen LogP contribution in [0.4, 0.5) is 5.69 Å². The van der Waals surface area contributed by atoms with E-state index in [0.717, 1.165) is 28.6 Å². The fourth-order valence-corrected chi connectivity index (χ4v) is 3.71. The van der Waals surface area contributed by atoms with Crippen molar-refractivity contribution in [2.75, 3.05) is 5.32 Å². The molecule has 142 valence electrons. The molecular weight excluding hydrogens is 362 g/mol. The lowest BCUT2D eigenvalue weighted by Gasteiger charge is -2.25. The minimum Gasteiger partial charge on any atom is -0.358 e. The van der Waals surface area contributed by atoms with Crippen molar-refractivity contribution >= 4 is 22.5 Å². The second-order valence-corrected chi connectivity index (χ2v) is 6.93. The van der Waals surface area contributed by atoms with E-state index in [2.05, 4.69) is 25.5 Å². The number of rotatable bonds is 4. The molecule has 6 heteroatoms. The predicted molar refractivity (Wildman–Crippen MR) is 112 cm³/mol. The van der Waals surface area contributed by atoms with Crippen molar-refractivity contribution in [1.82, 2.24) is 20.2 Å². The molecule has 4 heterocycles. The summed E-state index contributed by atoms with van der Waals surface area (Å²) in [6.45, 7) is 0. The third-order valence-corrected chi connectivity index (χ3v) is 5.05. The highest BCUT2D eigenvalue weighted by molar-refractivity contribution is 6.08. The van der Waals surface area contributed by atoms with Crippen LogP contribution >= 0.6 is 0 Å². The van der Waals surface area contributed by atoms with Crippen LogP contribution in [0.3, 0.4) is 0 Å². The Morgan fingerprint density at radius 1 is 1.10 bits per heavy atom. The van der Waals surface area contributed by atoms with Crippen LogP contribution < -0.4 is 10.6 Å². The number of nitrogens with zero attached hydrogens (tertiary/aromatic N) is 3. The number of allylic oxidation sites excluding steroid dienone is 3. The fourth-order valence-electron chi connectivity index (χ4n) is 3.71. The van der Waals surface area contributed by atoms with Gasteiger partial charge >= 0.3 is 0 Å². The number of carbonyl (C=O) groups is 1. The molecule has 0 bridgehead atoms. The third-order valence-electron chi connectivity index (χ3n) is 5.05. The molecule has 0 fully saturated rings. The molecule has 29 heavy (non-hydrogen) atoms. The number of carbonyl (C=O) groups excluding carboxylic acids is 1. The van der Waals surface area contributed by atoms with Crippen molar-refractivity contribution in [3.63, 3.8) is 0 Å². The molecule has 1 atom stereocenters. The van der Waals surface area contributed by atoms with Crippen LogP contribution in [-0.4, -0.2) is 26.9 Å². The van der Waals surface area contributed by atoms with Gasteiger partial charge in [-0.2, -0.15) is 0 Å². The minimum atomic E-state index is -0.184. The van der Waals surface area contributed by atoms with E-state index in [9.17, 15) is 4.79 Å². The van der Waals surface area contributed by atoms with Gasteiger partial charge < -0.3 is 15.5 Å². The van der Waals surface area contributed by atoms with Crippen LogP contribution in [0.1, 0.15) is 5.56 Å². The summed E-state index contributed by atoms with van der Waals surface area (Å²) >= 11 is 0. The molecule has 2 aliphatic heterocycles. The standard InChI is InChI=1S/C23H19N5O/c29-23(26-18-9-3-7-17-8-5-12-25-21(17)18)22-19-10-1-2-13-28(19)20(27-22)14-16-6-4-11-24-15-16/h1-13,15,20,27H,14H2,(H,26,29). The molecule has 2 aliphatic rings. The van der Waals surface area contributed by atoms with Gasteiger partial charge in [0, 0.05) is 36.6 Å². The van der Waals surface area contributed by atoms with Crippen LogP contribution in [0.2, 0.25) is 0 Å². The molecule has 2 N–H and O–H groups in total. The molecule has 5 rings (SSSR count). The molecule has 0 aliphatic carbocycles. The van der Waals surface area contributed by atoms with Gasteiger partial charge in [-0.25, -0.2) is 0 Å². The van der Waals surface area contributed by atoms with Gasteiger partial charge in [0.1, 0.15) is 11.9 Å². The van der Waals surface area contributed by atoms with E-state index in [1.807, 2.05) is 73.1 Å². The number of fused-ring (bicyclic) bond motifs is 2. The van der Waals surface area contributed by atoms with E-state index < -0.39 is 0 Å². The molecule has 0 saturated carbocycles. The van der Waals surface area contributed by atoms with E-state index in [4.69, 9.17) is 0 Å². The van der Waals surface area contributed by atoms with Crippen LogP contribution in [0.25, 0.3) is 10.9 Å². The number of aromatic nitrogens is 2. The monoisotopic (exact) mass is 381 g/mol. The van der Waals surface area contributed by atoms with Crippen LogP contribution in [-0.2, 0) is 11.2 Å². The fraction of sp³-hybridized carbons (Fsp3) is 0.0870. The lowest BCUT2D eigenvalue weighted by molar-refractivity contribution is -0.113. The number of pyridine rings is 2. The lowest BCUT2D eigenvalue weighted by atomic mass is 10.1. The highest BCUT2D eigenvalue weighted by Gasteiger charge is 2.33. The Labute approximate surface area is 168 Å². The maximum Gasteiger partial charge on any atom is 0.274 e. The minimum absolute atomic E-state index is 0.0539. The number of hydrogen-bond donors (Lipinski definition) is 2. The Balaban J connectivity index is 1.42. The number of para-hydroxylation sites is 1. The van der Waals surface area contributed by atoms with E-state index in [0.29, 0.717) is 11.4 Å². The summed E-state index contributed by atoms with van der Waals surface area (Å²) in [6, 6.07) is 13.6. The first kappa shape index (κ1) is 17.2. The summed E-state index contributed by atoms with van der Waals surface area (Å²) in [6.07, 6.45) is 13.9. The average molecular weight is 381 g/mol. The van der Waals surface area contributed by atoms with E-state index in [1.165, 1.54) is 0 Å². The number of nitrogens with one attached hydrogen (secondary N) is 2. The average Bonchev–Trinajstić information content (AvgIpc) is 3.13. The van der Waals surface area contributed by atoms with Crippen molar-refractivity contribution in [1.29, 1.82) is 0 Å². The zero-order valence-corrected chi connectivity index (χ0v) is 15.6. The third kappa shape index (κ3) is 3.25. The smallest absolute Gasteiger partial charge is 0.274 e. The molecule has 3 aromatic rings. The van der Waals surface area contributed by atoms with Crippen LogP contribution in [0.15, 0.2) is 96.9 Å². The summed E-state index contributed by atoms with van der Waals surface area (Å²) < 4.78 is 0. The van der Waals surface area contributed by atoms with Gasteiger partial charge in [-0.1, -0.05) is 30.3 Å². The largest absolute Gasteiger partial charge is 0.358 e. The zero-order valence-electron chi connectivity index (χ0n) is 15.6. The zero-order chi connectivity index (χ0) is 19.6. The topological polar surface area (TPSA) is 70.2 Å². The summed E-state index contributed by atoms with van der Waals surface area (Å²) in [7, 11) is 0. The SMILES string of the molecule is O=C(Nc1cccc2cccnc12)C1=C2C=CC=CN2C(Cc2cccnc2)N1. The number of amides is 1. The van der Waals surface area contributed by atoms with Gasteiger partial charge in [0.25, 0.3) is 5.91 Å². The maximum absolute atomic E-state index is 13.2. The number of hydrogen-bond acceptors (Lipinski definition) is 5. The molecular formula is C23H19N5O. The quantitative estimate of drug-likeness (QED) is 0.725. The molecule has 1 amide bonds. The second-order valence-electron chi connectivity index (χ2n) is 6.93. The normalized spacial score (nSPS) is 17.4. The Morgan fingerprint density at radius 2 is 2.00 bits per heavy atom. The number of benzene rings is 1. The number of anilines is 1. The summed E-state index contributed by atoms with van der Waals surface area (Å²) in [4.78, 5) is 23.9. The van der Waals surface area contributed by atoms with Gasteiger partial charge in [0.2, 0.25) is 0 Å². The predicted octanol–water partition coefficient (Wildman–Crippen LogP) is 3.34. The molecule has 0 spiro atoms. The first-order valence-electron chi connectivity index (χ1n) is 9.47. The van der Waals surface area contributed by atoms with Gasteiger partial charge in [0.05, 0.1) is 16.9 Å². The van der Waals surface area contributed by atoms with Crippen LogP contribution in [0, 0.1) is 0 Å². The van der Waals surface area contributed by atoms with Crippen molar-refractivity contribution in [3.05, 3.63) is 102 Å². The van der Waals surface area contributed by atoms with Crippen molar-refractivity contribution < 1.29 is 4.79 Å². The first-order valence-corrected chi connectivity index (χ1v) is 9.47. The van der Waals surface area contributed by atoms with Gasteiger partial charge in [-0.15, -0.1) is 0 Å². The Hall–Kier alpha value is -3.93. The molecule has 6 nitrogen and oxygen atoms in total. The van der Waals surface area contributed by atoms with E-state index >= 15 is 0 Å². The van der Waals surface area contributed by atoms with E-state index in [1.54, 1.807) is 12.4 Å². The first-order chi connectivity index (χ1) is 14.3. The molecule has 2 aromatic heterocycles. The Morgan fingerprint density at radius 3 is 2.90 bits per heavy atom. The lowest BCUT2D eigenvalue weighted by Crippen LogP contribution is -2.37. The molecule has 0 radical (unpaired) electrons. The summed E-state index contributed by atoms with van der Waals surface area (Å²) in [5, 5.41) is 7.40. The highest BCUT2D eigenvalue weighted by Crippen LogP contribution is 2.28. The van der Waals surface area contributed by atoms with Crippen molar-refractivity contribution in [2.45, 2.75) is 12.6 Å². The van der Waals surface area contributed by atoms with Gasteiger partial charge in [-0.05, 0) is 35.9 Å². The van der Waals surface area contributed by atoms with Gasteiger partial charge in [0.15, 0.2) is 0 Å². The Bertz CT molecular complexity index is 1160. The summed E-state index contributed by atoms with van der Waals surface area (Å²) in [5.41, 5.74) is 3.97. The highest BCUT2D eigenvalue weighted by atomic mass is 16.2. The van der Waals surface area contributed by atoms with E-state index in [-0.39, 0.29) is 12.1 Å². The van der Waals surface area contributed by atoms with Crippen LogP contribution in [0.5, 0.6) is 0 Å². The molecule has 1 aromatic carbocycles. The van der Waals surface area contributed by atoms with Crippen molar-refractivity contribution in [3.8, 4) is 0 Å². The second kappa shape index (κ2) is 7.24. The van der Waals surface area contributed by atoms with Gasteiger partial charge in [-0.3, -0.25) is 14.8 Å². The Kier molecular flexibility index (Phi) is 4.29. The summed E-state index contributed by atoms with van der Waals surface area (Å²) in [5.74, 6) is -0.184.